The number of fused-ring (bicyclic) bond motifs is 1. The van der Waals surface area contributed by atoms with Crippen LogP contribution in [-0.4, -0.2) is 11.9 Å². The normalized spacial score (nSPS) is 11.3. The Morgan fingerprint density at radius 3 is 1.80 bits per heavy atom. The van der Waals surface area contributed by atoms with Gasteiger partial charge in [-0.25, -0.2) is 0 Å². The summed E-state index contributed by atoms with van der Waals surface area (Å²) >= 11 is 6.40. The number of ether oxygens (including phenoxy) is 4. The van der Waals surface area contributed by atoms with Crippen molar-refractivity contribution in [3.05, 3.63) is 82.9 Å². The second kappa shape index (κ2) is 12.0. The summed E-state index contributed by atoms with van der Waals surface area (Å²) in [6.07, 6.45) is 1.43. The van der Waals surface area contributed by atoms with E-state index in [1.165, 1.54) is 6.92 Å². The van der Waals surface area contributed by atoms with Gasteiger partial charge in [0.25, 0.3) is 0 Å². The summed E-state index contributed by atoms with van der Waals surface area (Å²) < 4.78 is 24.7. The molecule has 40 heavy (non-hydrogen) atoms. The summed E-state index contributed by atoms with van der Waals surface area (Å²) in [7, 11) is 0. The van der Waals surface area contributed by atoms with Crippen LogP contribution in [0.15, 0.2) is 66.7 Å². The van der Waals surface area contributed by atoms with E-state index in [0.717, 1.165) is 17.5 Å². The van der Waals surface area contributed by atoms with Gasteiger partial charge in [0.1, 0.15) is 11.5 Å². The maximum atomic E-state index is 13.5. The molecule has 4 aromatic rings. The summed E-state index contributed by atoms with van der Waals surface area (Å²) in [5.41, 5.74) is 1.17. The smallest absolute Gasteiger partial charge is 0.317 e. The Balaban J connectivity index is 2.07. The third kappa shape index (κ3) is 6.57. The zero-order valence-corrected chi connectivity index (χ0v) is 24.3. The number of halogens is 1. The molecule has 4 rings (SSSR count). The van der Waals surface area contributed by atoms with Crippen LogP contribution >= 0.6 is 11.6 Å². The topological polar surface area (TPSA) is 71.1 Å². The Kier molecular flexibility index (Phi) is 8.70. The van der Waals surface area contributed by atoms with Gasteiger partial charge in [0.15, 0.2) is 11.5 Å². The van der Waals surface area contributed by atoms with Gasteiger partial charge in [-0.15, -0.1) is 0 Å². The lowest BCUT2D eigenvalue weighted by Gasteiger charge is -2.25. The van der Waals surface area contributed by atoms with Gasteiger partial charge >= 0.3 is 11.9 Å². The van der Waals surface area contributed by atoms with Crippen molar-refractivity contribution in [2.75, 3.05) is 0 Å². The monoisotopic (exact) mass is 560 g/mol. The van der Waals surface area contributed by atoms with Crippen molar-refractivity contribution in [3.63, 3.8) is 0 Å². The molecule has 0 saturated carbocycles. The number of carbonyl (C=O) groups excluding carboxylic acids is 2. The molecule has 0 spiro atoms. The van der Waals surface area contributed by atoms with Crippen molar-refractivity contribution in [2.45, 2.75) is 54.4 Å². The summed E-state index contributed by atoms with van der Waals surface area (Å²) in [4.78, 5) is 25.9. The van der Waals surface area contributed by atoms with Crippen LogP contribution in [0.25, 0.3) is 10.8 Å². The average molecular weight is 561 g/mol. The second-order valence-corrected chi connectivity index (χ2v) is 10.9. The lowest BCUT2D eigenvalue weighted by Crippen LogP contribution is -2.29. The molecule has 0 amide bonds. The van der Waals surface area contributed by atoms with E-state index in [4.69, 9.17) is 30.5 Å². The Morgan fingerprint density at radius 1 is 0.750 bits per heavy atom. The predicted molar refractivity (Wildman–Crippen MR) is 157 cm³/mol. The van der Waals surface area contributed by atoms with Crippen LogP contribution in [0.3, 0.4) is 0 Å². The number of hydrogen-bond donors (Lipinski definition) is 0. The van der Waals surface area contributed by atoms with Crippen LogP contribution in [-0.2, 0) is 9.59 Å². The number of benzene rings is 4. The highest BCUT2D eigenvalue weighted by Gasteiger charge is 2.33. The van der Waals surface area contributed by atoms with E-state index in [9.17, 15) is 9.59 Å². The fourth-order valence-electron chi connectivity index (χ4n) is 4.44. The van der Waals surface area contributed by atoms with Gasteiger partial charge in [-0.2, -0.15) is 0 Å². The Labute approximate surface area is 239 Å². The molecule has 7 heteroatoms. The van der Waals surface area contributed by atoms with Crippen molar-refractivity contribution in [3.8, 4) is 34.5 Å². The van der Waals surface area contributed by atoms with E-state index < -0.39 is 17.4 Å². The molecule has 0 aliphatic rings. The van der Waals surface area contributed by atoms with Gasteiger partial charge in [0.2, 0.25) is 11.5 Å². The Hall–Kier alpha value is -4.03. The second-order valence-electron chi connectivity index (χ2n) is 10.5. The molecule has 0 aromatic heterocycles. The number of esters is 2. The fraction of sp³-hybridized carbons (Fsp3) is 0.273. The minimum absolute atomic E-state index is 0.0770. The van der Waals surface area contributed by atoms with Crippen LogP contribution in [0, 0.1) is 19.3 Å². The first-order valence-electron chi connectivity index (χ1n) is 13.2. The standard InChI is InChI=1S/C33H33ClO6/c1-7-16-33(5,6)32(36)40-28-26-15-14-23(34)19-27(26)29(37-22(4)35)31(39-25-13-9-11-21(3)18-25)30(28)38-24-12-8-10-20(2)17-24/h8-15,17-19H,7,16H2,1-6H3. The van der Waals surface area contributed by atoms with Crippen LogP contribution in [0.2, 0.25) is 5.02 Å². The maximum absolute atomic E-state index is 13.5. The molecule has 6 nitrogen and oxygen atoms in total. The first-order chi connectivity index (χ1) is 19.0. The van der Waals surface area contributed by atoms with Crippen molar-refractivity contribution in [1.29, 1.82) is 0 Å². The lowest BCUT2D eigenvalue weighted by atomic mass is 9.88. The molecular formula is C33H33ClO6. The Morgan fingerprint density at radius 2 is 1.30 bits per heavy atom. The molecule has 0 N–H and O–H groups in total. The summed E-state index contributed by atoms with van der Waals surface area (Å²) in [5, 5.41) is 1.30. The van der Waals surface area contributed by atoms with Crippen molar-refractivity contribution in [1.82, 2.24) is 0 Å². The van der Waals surface area contributed by atoms with Crippen LogP contribution in [0.5, 0.6) is 34.5 Å². The third-order valence-corrected chi connectivity index (χ3v) is 6.61. The van der Waals surface area contributed by atoms with E-state index in [-0.39, 0.29) is 23.0 Å². The molecule has 0 unspecified atom stereocenters. The maximum Gasteiger partial charge on any atom is 0.317 e. The van der Waals surface area contributed by atoms with E-state index in [1.54, 1.807) is 30.3 Å². The highest BCUT2D eigenvalue weighted by atomic mass is 35.5. The number of rotatable bonds is 9. The molecule has 0 aliphatic heterocycles. The number of aryl methyl sites for hydroxylation is 2. The first kappa shape index (κ1) is 29.0. The van der Waals surface area contributed by atoms with E-state index in [1.807, 2.05) is 71.0 Å². The third-order valence-electron chi connectivity index (χ3n) is 6.38. The first-order valence-corrected chi connectivity index (χ1v) is 13.5. The van der Waals surface area contributed by atoms with Gasteiger partial charge in [0.05, 0.1) is 5.41 Å². The predicted octanol–water partition coefficient (Wildman–Crippen LogP) is 9.35. The molecule has 0 bridgehead atoms. The average Bonchev–Trinajstić information content (AvgIpc) is 2.87. The van der Waals surface area contributed by atoms with Gasteiger partial charge in [-0.3, -0.25) is 9.59 Å². The van der Waals surface area contributed by atoms with Crippen LogP contribution in [0.4, 0.5) is 0 Å². The minimum atomic E-state index is -0.764. The highest BCUT2D eigenvalue weighted by molar-refractivity contribution is 6.31. The largest absolute Gasteiger partial charge is 0.449 e. The van der Waals surface area contributed by atoms with E-state index in [0.29, 0.717) is 33.7 Å². The SMILES string of the molecule is CCCC(C)(C)C(=O)Oc1c(Oc2cccc(C)c2)c(Oc2cccc(C)c2)c(OC(C)=O)c2cc(Cl)ccc12. The molecule has 0 radical (unpaired) electrons. The molecule has 0 atom stereocenters. The molecule has 208 valence electrons. The summed E-state index contributed by atoms with van der Waals surface area (Å²) in [5.74, 6) is 0.385. The Bertz CT molecular complexity index is 1570. The molecular weight excluding hydrogens is 528 g/mol. The highest BCUT2D eigenvalue weighted by Crippen LogP contribution is 2.55. The molecule has 4 aromatic carbocycles. The fourth-order valence-corrected chi connectivity index (χ4v) is 4.61. The molecule has 0 saturated heterocycles. The van der Waals surface area contributed by atoms with E-state index in [2.05, 4.69) is 0 Å². The van der Waals surface area contributed by atoms with Gasteiger partial charge in [0, 0.05) is 22.7 Å². The molecule has 0 aliphatic carbocycles. The number of carbonyl (C=O) groups is 2. The molecule has 0 heterocycles. The van der Waals surface area contributed by atoms with E-state index >= 15 is 0 Å². The summed E-state index contributed by atoms with van der Waals surface area (Å²) in [6, 6.07) is 19.9. The zero-order valence-electron chi connectivity index (χ0n) is 23.6. The van der Waals surface area contributed by atoms with Crippen LogP contribution in [0.1, 0.15) is 51.7 Å². The zero-order chi connectivity index (χ0) is 29.0. The van der Waals surface area contributed by atoms with Crippen LogP contribution < -0.4 is 18.9 Å². The summed E-state index contributed by atoms with van der Waals surface area (Å²) in [6.45, 7) is 10.9. The van der Waals surface area contributed by atoms with Crippen molar-refractivity contribution in [2.24, 2.45) is 5.41 Å². The number of hydrogen-bond acceptors (Lipinski definition) is 6. The van der Waals surface area contributed by atoms with Crippen molar-refractivity contribution >= 4 is 34.3 Å². The minimum Gasteiger partial charge on any atom is -0.449 e. The quantitative estimate of drug-likeness (QED) is 0.150. The molecule has 0 fully saturated rings. The van der Waals surface area contributed by atoms with Gasteiger partial charge < -0.3 is 18.9 Å². The van der Waals surface area contributed by atoms with Gasteiger partial charge in [-0.05, 0) is 87.7 Å². The lowest BCUT2D eigenvalue weighted by molar-refractivity contribution is -0.144. The van der Waals surface area contributed by atoms with Gasteiger partial charge in [-0.1, -0.05) is 49.2 Å². The van der Waals surface area contributed by atoms with Crippen molar-refractivity contribution < 1.29 is 28.5 Å².